The van der Waals surface area contributed by atoms with E-state index in [2.05, 4.69) is 50.1 Å². The first-order valence-electron chi connectivity index (χ1n) is 7.68. The van der Waals surface area contributed by atoms with Gasteiger partial charge in [0.2, 0.25) is 0 Å². The molecule has 114 valence electrons. The van der Waals surface area contributed by atoms with Gasteiger partial charge in [-0.15, -0.1) is 5.10 Å². The first-order valence-corrected chi connectivity index (χ1v) is 7.68. The van der Waals surface area contributed by atoms with Crippen LogP contribution >= 0.6 is 0 Å². The first-order chi connectivity index (χ1) is 10.0. The fraction of sp³-hybridized carbons (Fsp3) is 0.529. The molecule has 0 saturated carbocycles. The van der Waals surface area contributed by atoms with Crippen LogP contribution in [0, 0.1) is 13.8 Å². The second kappa shape index (κ2) is 6.74. The Morgan fingerprint density at radius 2 is 2.00 bits per heavy atom. The van der Waals surface area contributed by atoms with Gasteiger partial charge in [-0.3, -0.25) is 4.68 Å². The van der Waals surface area contributed by atoms with Crippen molar-refractivity contribution in [2.24, 2.45) is 0 Å². The molecule has 1 aromatic carbocycles. The maximum absolute atomic E-state index is 5.87. The van der Waals surface area contributed by atoms with Crippen molar-refractivity contribution in [3.63, 3.8) is 0 Å². The Morgan fingerprint density at radius 1 is 1.24 bits per heavy atom. The molecule has 21 heavy (non-hydrogen) atoms. The van der Waals surface area contributed by atoms with E-state index < -0.39 is 0 Å². The molecule has 0 saturated heterocycles. The van der Waals surface area contributed by atoms with Gasteiger partial charge in [-0.25, -0.2) is 0 Å². The third-order valence-electron chi connectivity index (χ3n) is 3.69. The highest BCUT2D eigenvalue weighted by atomic mass is 16.5. The highest BCUT2D eigenvalue weighted by Crippen LogP contribution is 2.33. The van der Waals surface area contributed by atoms with Gasteiger partial charge >= 0.3 is 0 Å². The smallest absolute Gasteiger partial charge is 0.125 e. The third-order valence-corrected chi connectivity index (χ3v) is 3.69. The van der Waals surface area contributed by atoms with Crippen molar-refractivity contribution in [1.82, 2.24) is 15.0 Å². The van der Waals surface area contributed by atoms with E-state index in [0.29, 0.717) is 12.5 Å². The monoisotopic (exact) mass is 287 g/mol. The lowest BCUT2D eigenvalue weighted by atomic mass is 9.92. The lowest BCUT2D eigenvalue weighted by molar-refractivity contribution is 0.332. The molecule has 0 fully saturated rings. The molecular weight excluding hydrogens is 262 g/mol. The third kappa shape index (κ3) is 3.63. The molecule has 0 bridgehead atoms. The summed E-state index contributed by atoms with van der Waals surface area (Å²) in [7, 11) is 0. The Kier molecular flexibility index (Phi) is 4.99. The summed E-state index contributed by atoms with van der Waals surface area (Å²) in [6, 6.07) is 4.40. The minimum atomic E-state index is 0.354. The van der Waals surface area contributed by atoms with E-state index in [1.807, 2.05) is 17.8 Å². The van der Waals surface area contributed by atoms with Crippen LogP contribution in [-0.4, -0.2) is 21.6 Å². The van der Waals surface area contributed by atoms with Crippen molar-refractivity contribution in [3.05, 3.63) is 40.7 Å². The van der Waals surface area contributed by atoms with Crippen molar-refractivity contribution in [2.75, 3.05) is 6.61 Å². The van der Waals surface area contributed by atoms with Gasteiger partial charge in [0.1, 0.15) is 5.75 Å². The summed E-state index contributed by atoms with van der Waals surface area (Å²) >= 11 is 0. The zero-order valence-corrected chi connectivity index (χ0v) is 13.7. The van der Waals surface area contributed by atoms with Crippen LogP contribution in [0.3, 0.4) is 0 Å². The molecule has 4 nitrogen and oxygen atoms in total. The Bertz CT molecular complexity index is 604. The Morgan fingerprint density at radius 3 is 2.62 bits per heavy atom. The Labute approximate surface area is 127 Å². The van der Waals surface area contributed by atoms with Crippen molar-refractivity contribution in [3.8, 4) is 5.75 Å². The normalized spacial score (nSPS) is 12.4. The summed E-state index contributed by atoms with van der Waals surface area (Å²) < 4.78 is 7.73. The molecule has 4 heteroatoms. The van der Waals surface area contributed by atoms with Gasteiger partial charge in [0.25, 0.3) is 0 Å². The standard InChI is InChI=1S/C17H25N3O/c1-6-20-11-15(18-19-20)10-13(4)16-9-12(3)8-14(5)17(16)21-7-2/h8-9,11,13H,6-7,10H2,1-5H3. The fourth-order valence-electron chi connectivity index (χ4n) is 2.71. The predicted octanol–water partition coefficient (Wildman–Crippen LogP) is 3.66. The van der Waals surface area contributed by atoms with E-state index in [4.69, 9.17) is 4.74 Å². The summed E-state index contributed by atoms with van der Waals surface area (Å²) in [4.78, 5) is 0. The quantitative estimate of drug-likeness (QED) is 0.814. The molecule has 1 aromatic heterocycles. The van der Waals surface area contributed by atoms with E-state index >= 15 is 0 Å². The van der Waals surface area contributed by atoms with Crippen molar-refractivity contribution in [2.45, 2.75) is 53.5 Å². The second-order valence-electron chi connectivity index (χ2n) is 5.60. The van der Waals surface area contributed by atoms with E-state index in [1.54, 1.807) is 0 Å². The van der Waals surface area contributed by atoms with E-state index in [-0.39, 0.29) is 0 Å². The van der Waals surface area contributed by atoms with Gasteiger partial charge in [0, 0.05) is 12.7 Å². The zero-order chi connectivity index (χ0) is 15.4. The molecule has 0 aliphatic carbocycles. The average molecular weight is 287 g/mol. The van der Waals surface area contributed by atoms with Crippen molar-refractivity contribution in [1.29, 1.82) is 0 Å². The van der Waals surface area contributed by atoms with E-state index in [1.165, 1.54) is 16.7 Å². The van der Waals surface area contributed by atoms with Crippen LogP contribution in [0.4, 0.5) is 0 Å². The van der Waals surface area contributed by atoms with Crippen molar-refractivity contribution < 1.29 is 4.74 Å². The van der Waals surface area contributed by atoms with Crippen LogP contribution in [0.15, 0.2) is 18.3 Å². The van der Waals surface area contributed by atoms with Crippen molar-refractivity contribution >= 4 is 0 Å². The number of nitrogens with zero attached hydrogens (tertiary/aromatic N) is 3. The molecule has 1 atom stereocenters. The highest BCUT2D eigenvalue weighted by Gasteiger charge is 2.16. The molecule has 0 aliphatic heterocycles. The van der Waals surface area contributed by atoms with Crippen LogP contribution in [0.25, 0.3) is 0 Å². The molecule has 2 aromatic rings. The number of ether oxygens (including phenoxy) is 1. The van der Waals surface area contributed by atoms with Gasteiger partial charge < -0.3 is 4.74 Å². The summed E-state index contributed by atoms with van der Waals surface area (Å²) in [6.45, 7) is 12.1. The largest absolute Gasteiger partial charge is 0.493 e. The first kappa shape index (κ1) is 15.5. The number of hydrogen-bond donors (Lipinski definition) is 0. The number of aromatic nitrogens is 3. The average Bonchev–Trinajstić information content (AvgIpc) is 2.89. The van der Waals surface area contributed by atoms with E-state index in [9.17, 15) is 0 Å². The number of hydrogen-bond acceptors (Lipinski definition) is 3. The Balaban J connectivity index is 2.26. The van der Waals surface area contributed by atoms with Gasteiger partial charge in [-0.05, 0) is 51.2 Å². The zero-order valence-electron chi connectivity index (χ0n) is 13.7. The number of aryl methyl sites for hydroxylation is 3. The SMILES string of the molecule is CCOc1c(C)cc(C)cc1C(C)Cc1cn(CC)nn1. The van der Waals surface area contributed by atoms with Crippen LogP contribution in [0.5, 0.6) is 5.75 Å². The molecule has 0 radical (unpaired) electrons. The highest BCUT2D eigenvalue weighted by molar-refractivity contribution is 5.45. The lowest BCUT2D eigenvalue weighted by Gasteiger charge is -2.19. The maximum atomic E-state index is 5.87. The van der Waals surface area contributed by atoms with E-state index in [0.717, 1.165) is 24.4 Å². The Hall–Kier alpha value is -1.84. The minimum absolute atomic E-state index is 0.354. The predicted molar refractivity (Wildman–Crippen MR) is 84.9 cm³/mol. The van der Waals surface area contributed by atoms with Gasteiger partial charge in [-0.1, -0.05) is 29.8 Å². The molecule has 0 amide bonds. The van der Waals surface area contributed by atoms with Gasteiger partial charge in [0.15, 0.2) is 0 Å². The van der Waals surface area contributed by atoms with Gasteiger partial charge in [-0.2, -0.15) is 0 Å². The molecular formula is C17H25N3O. The summed E-state index contributed by atoms with van der Waals surface area (Å²) in [5.74, 6) is 1.38. The van der Waals surface area contributed by atoms with Crippen LogP contribution in [0.1, 0.15) is 49.1 Å². The van der Waals surface area contributed by atoms with Crippen LogP contribution in [-0.2, 0) is 13.0 Å². The molecule has 0 spiro atoms. The molecule has 1 unspecified atom stereocenters. The second-order valence-corrected chi connectivity index (χ2v) is 5.60. The number of rotatable bonds is 6. The summed E-state index contributed by atoms with van der Waals surface area (Å²) in [6.07, 6.45) is 2.91. The fourth-order valence-corrected chi connectivity index (χ4v) is 2.71. The number of benzene rings is 1. The maximum Gasteiger partial charge on any atom is 0.125 e. The van der Waals surface area contributed by atoms with Crippen LogP contribution < -0.4 is 4.74 Å². The summed E-state index contributed by atoms with van der Waals surface area (Å²) in [5, 5.41) is 8.36. The van der Waals surface area contributed by atoms with Crippen LogP contribution in [0.2, 0.25) is 0 Å². The topological polar surface area (TPSA) is 39.9 Å². The van der Waals surface area contributed by atoms with Gasteiger partial charge in [0.05, 0.1) is 12.3 Å². The molecule has 1 heterocycles. The minimum Gasteiger partial charge on any atom is -0.493 e. The lowest BCUT2D eigenvalue weighted by Crippen LogP contribution is -2.05. The molecule has 0 N–H and O–H groups in total. The summed E-state index contributed by atoms with van der Waals surface area (Å²) in [5.41, 5.74) is 4.78. The molecule has 2 rings (SSSR count). The molecule has 0 aliphatic rings.